The molecule has 1 atom stereocenters. The van der Waals surface area contributed by atoms with Crippen LogP contribution >= 0.6 is 0 Å². The number of unbranched alkanes of at least 4 members (excludes halogenated alkanes) is 1. The number of aliphatic hydroxyl groups excluding tert-OH is 1. The van der Waals surface area contributed by atoms with E-state index in [0.717, 1.165) is 29.7 Å². The Hall–Kier alpha value is -3.08. The molecule has 2 aromatic carbocycles. The molecule has 1 amide bonds. The van der Waals surface area contributed by atoms with Crippen molar-refractivity contribution in [1.82, 2.24) is 4.90 Å². The summed E-state index contributed by atoms with van der Waals surface area (Å²) in [5, 5.41) is 10.6. The number of aliphatic hydroxyl groups is 1. The lowest BCUT2D eigenvalue weighted by molar-refractivity contribution is -0.129. The summed E-state index contributed by atoms with van der Waals surface area (Å²) in [6.07, 6.45) is 2.57. The van der Waals surface area contributed by atoms with Crippen LogP contribution in [0.4, 0.5) is 0 Å². The second kappa shape index (κ2) is 10.3. The highest BCUT2D eigenvalue weighted by Gasteiger charge is 2.42. The number of aryl methyl sites for hydroxylation is 1. The topological polar surface area (TPSA) is 66.8 Å². The van der Waals surface area contributed by atoms with Crippen LogP contribution in [0.5, 0.6) is 5.75 Å². The number of carbonyl (C=O) groups excluding carboxylic acids is 2. The molecule has 5 heteroatoms. The van der Waals surface area contributed by atoms with E-state index in [1.54, 1.807) is 4.90 Å². The van der Waals surface area contributed by atoms with Gasteiger partial charge in [0.15, 0.2) is 11.5 Å². The zero-order valence-electron chi connectivity index (χ0n) is 18.5. The Labute approximate surface area is 184 Å². The molecule has 0 spiro atoms. The number of carbonyl (C=O) groups is 2. The van der Waals surface area contributed by atoms with E-state index in [-0.39, 0.29) is 23.9 Å². The molecule has 164 valence electrons. The van der Waals surface area contributed by atoms with Crippen LogP contribution in [0.1, 0.15) is 57.2 Å². The van der Waals surface area contributed by atoms with Crippen molar-refractivity contribution in [1.29, 1.82) is 0 Å². The van der Waals surface area contributed by atoms with Gasteiger partial charge in [-0.1, -0.05) is 55.8 Å². The lowest BCUT2D eigenvalue weighted by Gasteiger charge is -2.27. The zero-order valence-corrected chi connectivity index (χ0v) is 18.5. The first kappa shape index (κ1) is 22.6. The Morgan fingerprint density at radius 2 is 1.77 bits per heavy atom. The predicted molar refractivity (Wildman–Crippen MR) is 121 cm³/mol. The largest absolute Gasteiger partial charge is 0.503 e. The predicted octanol–water partition coefficient (Wildman–Crippen LogP) is 5.17. The number of ketones is 1. The number of hydrogen-bond donors (Lipinski definition) is 1. The zero-order chi connectivity index (χ0) is 22.4. The monoisotopic (exact) mass is 421 g/mol. The third-order valence-corrected chi connectivity index (χ3v) is 5.41. The molecular formula is C26H31NO4. The molecule has 1 aliphatic rings. The van der Waals surface area contributed by atoms with Crippen LogP contribution in [0.3, 0.4) is 0 Å². The van der Waals surface area contributed by atoms with Crippen molar-refractivity contribution in [2.24, 2.45) is 0 Å². The Morgan fingerprint density at radius 1 is 1.10 bits per heavy atom. The summed E-state index contributed by atoms with van der Waals surface area (Å²) in [4.78, 5) is 27.6. The molecule has 1 heterocycles. The van der Waals surface area contributed by atoms with Gasteiger partial charge in [0.25, 0.3) is 5.91 Å². The van der Waals surface area contributed by atoms with Crippen molar-refractivity contribution >= 4 is 11.7 Å². The molecule has 3 rings (SSSR count). The van der Waals surface area contributed by atoms with Gasteiger partial charge in [-0.25, -0.2) is 0 Å². The highest BCUT2D eigenvalue weighted by atomic mass is 16.5. The highest BCUT2D eigenvalue weighted by Crippen LogP contribution is 2.39. The van der Waals surface area contributed by atoms with E-state index in [4.69, 9.17) is 4.74 Å². The van der Waals surface area contributed by atoms with E-state index in [2.05, 4.69) is 0 Å². The normalized spacial score (nSPS) is 16.3. The van der Waals surface area contributed by atoms with Gasteiger partial charge in [-0.15, -0.1) is 0 Å². The third-order valence-electron chi connectivity index (χ3n) is 5.41. The molecule has 31 heavy (non-hydrogen) atoms. The lowest BCUT2D eigenvalue weighted by Crippen LogP contribution is -2.32. The Kier molecular flexibility index (Phi) is 7.50. The van der Waals surface area contributed by atoms with Gasteiger partial charge >= 0.3 is 0 Å². The number of Topliss-reactive ketones (excluding diaryl/α,β-unsaturated/α-hetero) is 1. The minimum absolute atomic E-state index is 0.0547. The van der Waals surface area contributed by atoms with Crippen molar-refractivity contribution in [3.63, 3.8) is 0 Å². The molecule has 0 radical (unpaired) electrons. The lowest BCUT2D eigenvalue weighted by atomic mass is 9.93. The molecule has 1 aliphatic heterocycles. The highest BCUT2D eigenvalue weighted by molar-refractivity contribution is 6.09. The maximum Gasteiger partial charge on any atom is 0.290 e. The first-order valence-electron chi connectivity index (χ1n) is 11.0. The number of rotatable bonds is 10. The van der Waals surface area contributed by atoms with E-state index >= 15 is 0 Å². The summed E-state index contributed by atoms with van der Waals surface area (Å²) in [5.41, 5.74) is 2.05. The molecular weight excluding hydrogens is 390 g/mol. The van der Waals surface area contributed by atoms with Gasteiger partial charge < -0.3 is 14.7 Å². The van der Waals surface area contributed by atoms with E-state index in [1.807, 2.05) is 75.4 Å². The van der Waals surface area contributed by atoms with E-state index in [9.17, 15) is 14.7 Å². The molecule has 1 N–H and O–H groups in total. The fraction of sp³-hybridized carbons (Fsp3) is 0.385. The van der Waals surface area contributed by atoms with Crippen LogP contribution < -0.4 is 4.74 Å². The standard InChI is InChI=1S/C26H31NO4/c1-4-5-17-27-24(20-12-14-21(15-13-20)31-18(2)3)23(25(29)26(27)30)22(28)16-11-19-9-7-6-8-10-19/h6-10,12-15,18,24,29H,4-5,11,16-17H2,1-3H3. The minimum Gasteiger partial charge on any atom is -0.503 e. The average molecular weight is 422 g/mol. The van der Waals surface area contributed by atoms with Crippen molar-refractivity contribution in [3.8, 4) is 5.75 Å². The molecule has 0 aromatic heterocycles. The fourth-order valence-corrected chi connectivity index (χ4v) is 3.88. The van der Waals surface area contributed by atoms with Gasteiger partial charge in [0.05, 0.1) is 17.7 Å². The average Bonchev–Trinajstić information content (AvgIpc) is 3.01. The maximum atomic E-state index is 13.2. The number of ether oxygens (including phenoxy) is 1. The van der Waals surface area contributed by atoms with Gasteiger partial charge in [-0.05, 0) is 49.9 Å². The summed E-state index contributed by atoms with van der Waals surface area (Å²) in [6, 6.07) is 16.6. The molecule has 0 saturated carbocycles. The number of amides is 1. The van der Waals surface area contributed by atoms with Crippen molar-refractivity contribution in [2.75, 3.05) is 6.54 Å². The molecule has 0 bridgehead atoms. The van der Waals surface area contributed by atoms with Crippen LogP contribution in [0, 0.1) is 0 Å². The van der Waals surface area contributed by atoms with Crippen LogP contribution in [0.15, 0.2) is 65.9 Å². The van der Waals surface area contributed by atoms with Crippen LogP contribution in [0.2, 0.25) is 0 Å². The maximum absolute atomic E-state index is 13.2. The number of nitrogens with zero attached hydrogens (tertiary/aromatic N) is 1. The van der Waals surface area contributed by atoms with Crippen LogP contribution in [-0.4, -0.2) is 34.3 Å². The first-order valence-corrected chi connectivity index (χ1v) is 11.0. The quantitative estimate of drug-likeness (QED) is 0.575. The van der Waals surface area contributed by atoms with Crippen molar-refractivity contribution in [2.45, 2.75) is 58.6 Å². The van der Waals surface area contributed by atoms with Gasteiger partial charge in [0, 0.05) is 13.0 Å². The summed E-state index contributed by atoms with van der Waals surface area (Å²) < 4.78 is 5.72. The first-order chi connectivity index (χ1) is 14.9. The molecule has 2 aromatic rings. The Morgan fingerprint density at radius 3 is 2.39 bits per heavy atom. The molecule has 0 saturated heterocycles. The fourth-order valence-electron chi connectivity index (χ4n) is 3.88. The van der Waals surface area contributed by atoms with Gasteiger partial charge in [0.2, 0.25) is 0 Å². The van der Waals surface area contributed by atoms with E-state index in [0.29, 0.717) is 13.0 Å². The summed E-state index contributed by atoms with van der Waals surface area (Å²) in [6.45, 7) is 6.46. The summed E-state index contributed by atoms with van der Waals surface area (Å²) in [5.74, 6) is -0.347. The van der Waals surface area contributed by atoms with Gasteiger partial charge in [-0.3, -0.25) is 9.59 Å². The van der Waals surface area contributed by atoms with Crippen molar-refractivity contribution in [3.05, 3.63) is 77.1 Å². The summed E-state index contributed by atoms with van der Waals surface area (Å²) >= 11 is 0. The molecule has 0 aliphatic carbocycles. The number of hydrogen-bond acceptors (Lipinski definition) is 4. The van der Waals surface area contributed by atoms with Gasteiger partial charge in [-0.2, -0.15) is 0 Å². The minimum atomic E-state index is -0.574. The SMILES string of the molecule is CCCCN1C(=O)C(O)=C(C(=O)CCc2ccccc2)C1c1ccc(OC(C)C)cc1. The van der Waals surface area contributed by atoms with Gasteiger partial charge in [0.1, 0.15) is 5.75 Å². The number of benzene rings is 2. The third kappa shape index (κ3) is 5.35. The molecule has 1 unspecified atom stereocenters. The Bertz CT molecular complexity index is 932. The van der Waals surface area contributed by atoms with Crippen LogP contribution in [0.25, 0.3) is 0 Å². The molecule has 5 nitrogen and oxygen atoms in total. The molecule has 0 fully saturated rings. The van der Waals surface area contributed by atoms with E-state index < -0.39 is 17.7 Å². The second-order valence-corrected chi connectivity index (χ2v) is 8.16. The van der Waals surface area contributed by atoms with Crippen molar-refractivity contribution < 1.29 is 19.4 Å². The van der Waals surface area contributed by atoms with E-state index in [1.165, 1.54) is 0 Å². The van der Waals surface area contributed by atoms with Crippen LogP contribution in [-0.2, 0) is 16.0 Å². The Balaban J connectivity index is 1.88. The summed E-state index contributed by atoms with van der Waals surface area (Å²) in [7, 11) is 0. The second-order valence-electron chi connectivity index (χ2n) is 8.16. The smallest absolute Gasteiger partial charge is 0.290 e.